The molecular formula is C11H12N4O4S. The predicted octanol–water partition coefficient (Wildman–Crippen LogP) is 1.06. The normalized spacial score (nSPS) is 21.7. The first kappa shape index (κ1) is 12.9. The SMILES string of the molecule is O=[N+]([O-])c1ccc2c(c1)S(=O)(=O)NC(=NCC1CC1)N2. The van der Waals surface area contributed by atoms with E-state index in [1.54, 1.807) is 0 Å². The molecule has 106 valence electrons. The van der Waals surface area contributed by atoms with E-state index in [-0.39, 0.29) is 16.5 Å². The standard InChI is InChI=1S/C11H12N4O4S/c16-15(17)8-3-4-9-10(5-8)20(18,19)14-11(13-9)12-6-7-1-2-7/h3-5,7H,1-2,6H2,(H2,12,13,14). The van der Waals surface area contributed by atoms with Gasteiger partial charge in [0.15, 0.2) is 0 Å². The van der Waals surface area contributed by atoms with E-state index in [9.17, 15) is 18.5 Å². The van der Waals surface area contributed by atoms with Crippen LogP contribution in [-0.4, -0.2) is 25.8 Å². The van der Waals surface area contributed by atoms with Gasteiger partial charge in [-0.25, -0.2) is 13.1 Å². The summed E-state index contributed by atoms with van der Waals surface area (Å²) in [5, 5.41) is 13.5. The molecule has 1 fully saturated rings. The molecule has 1 aromatic rings. The summed E-state index contributed by atoms with van der Waals surface area (Å²) in [5.74, 6) is 0.699. The molecule has 1 heterocycles. The van der Waals surface area contributed by atoms with Gasteiger partial charge >= 0.3 is 0 Å². The van der Waals surface area contributed by atoms with Crippen molar-refractivity contribution in [1.29, 1.82) is 0 Å². The molecule has 1 aliphatic carbocycles. The minimum absolute atomic E-state index is 0.142. The van der Waals surface area contributed by atoms with Crippen molar-refractivity contribution in [3.63, 3.8) is 0 Å². The van der Waals surface area contributed by atoms with Crippen LogP contribution in [0.25, 0.3) is 0 Å². The van der Waals surface area contributed by atoms with Crippen LogP contribution in [0.2, 0.25) is 0 Å². The number of fused-ring (bicyclic) bond motifs is 1. The minimum Gasteiger partial charge on any atom is -0.324 e. The van der Waals surface area contributed by atoms with E-state index in [0.29, 0.717) is 18.2 Å². The zero-order valence-electron chi connectivity index (χ0n) is 10.4. The Balaban J connectivity index is 1.95. The van der Waals surface area contributed by atoms with E-state index in [1.807, 2.05) is 0 Å². The summed E-state index contributed by atoms with van der Waals surface area (Å²) in [4.78, 5) is 14.1. The number of nitro benzene ring substituents is 1. The third-order valence-corrected chi connectivity index (χ3v) is 4.53. The second kappa shape index (κ2) is 4.44. The molecule has 8 nitrogen and oxygen atoms in total. The Hall–Kier alpha value is -2.16. The molecule has 1 aromatic carbocycles. The quantitative estimate of drug-likeness (QED) is 0.639. The number of hydrogen-bond donors (Lipinski definition) is 2. The predicted molar refractivity (Wildman–Crippen MR) is 72.1 cm³/mol. The number of guanidine groups is 1. The second-order valence-electron chi connectivity index (χ2n) is 4.80. The molecule has 2 N–H and O–H groups in total. The van der Waals surface area contributed by atoms with Gasteiger partial charge in [-0.3, -0.25) is 15.1 Å². The van der Waals surface area contributed by atoms with Crippen LogP contribution in [-0.2, 0) is 10.0 Å². The van der Waals surface area contributed by atoms with Crippen molar-refractivity contribution < 1.29 is 13.3 Å². The molecule has 0 amide bonds. The molecular weight excluding hydrogens is 284 g/mol. The van der Waals surface area contributed by atoms with Gasteiger partial charge in [0.05, 0.1) is 10.6 Å². The monoisotopic (exact) mass is 296 g/mol. The van der Waals surface area contributed by atoms with Crippen LogP contribution in [0.5, 0.6) is 0 Å². The van der Waals surface area contributed by atoms with E-state index < -0.39 is 14.9 Å². The summed E-state index contributed by atoms with van der Waals surface area (Å²) in [7, 11) is -3.82. The van der Waals surface area contributed by atoms with E-state index in [4.69, 9.17) is 0 Å². The van der Waals surface area contributed by atoms with Gasteiger partial charge in [0.25, 0.3) is 15.7 Å². The highest BCUT2D eigenvalue weighted by molar-refractivity contribution is 7.90. The maximum absolute atomic E-state index is 12.1. The van der Waals surface area contributed by atoms with Gasteiger partial charge in [-0.2, -0.15) is 0 Å². The van der Waals surface area contributed by atoms with Crippen molar-refractivity contribution in [3.8, 4) is 0 Å². The zero-order chi connectivity index (χ0) is 14.3. The maximum atomic E-state index is 12.1. The summed E-state index contributed by atoms with van der Waals surface area (Å²) >= 11 is 0. The lowest BCUT2D eigenvalue weighted by Crippen LogP contribution is -2.40. The molecule has 0 saturated heterocycles. The Labute approximate surface area is 115 Å². The fourth-order valence-corrected chi connectivity index (χ4v) is 3.04. The van der Waals surface area contributed by atoms with Crippen LogP contribution in [0.1, 0.15) is 12.8 Å². The second-order valence-corrected chi connectivity index (χ2v) is 6.45. The highest BCUT2D eigenvalue weighted by Crippen LogP contribution is 2.30. The van der Waals surface area contributed by atoms with Crippen molar-refractivity contribution in [2.45, 2.75) is 17.7 Å². The smallest absolute Gasteiger partial charge is 0.270 e. The Morgan fingerprint density at radius 2 is 2.15 bits per heavy atom. The molecule has 9 heteroatoms. The van der Waals surface area contributed by atoms with Gasteiger partial charge in [-0.15, -0.1) is 0 Å². The van der Waals surface area contributed by atoms with Gasteiger partial charge < -0.3 is 5.32 Å². The Kier molecular flexibility index (Phi) is 2.85. The summed E-state index contributed by atoms with van der Waals surface area (Å²) in [6.45, 7) is 0.577. The molecule has 20 heavy (non-hydrogen) atoms. The van der Waals surface area contributed by atoms with Crippen LogP contribution in [0, 0.1) is 16.0 Å². The van der Waals surface area contributed by atoms with Gasteiger partial charge in [-0.05, 0) is 24.8 Å². The highest BCUT2D eigenvalue weighted by Gasteiger charge is 2.29. The third-order valence-electron chi connectivity index (χ3n) is 3.15. The van der Waals surface area contributed by atoms with Crippen molar-refractivity contribution in [3.05, 3.63) is 28.3 Å². The molecule has 0 unspecified atom stereocenters. The molecule has 0 atom stereocenters. The molecule has 2 aliphatic rings. The number of nitro groups is 1. The molecule has 0 radical (unpaired) electrons. The number of nitrogens with zero attached hydrogens (tertiary/aromatic N) is 2. The van der Waals surface area contributed by atoms with Gasteiger partial charge in [0, 0.05) is 18.7 Å². The van der Waals surface area contributed by atoms with Crippen molar-refractivity contribution in [2.24, 2.45) is 10.9 Å². The molecule has 0 bridgehead atoms. The van der Waals surface area contributed by atoms with Crippen LogP contribution < -0.4 is 10.0 Å². The maximum Gasteiger partial charge on any atom is 0.270 e. The van der Waals surface area contributed by atoms with Crippen molar-refractivity contribution in [1.82, 2.24) is 4.72 Å². The highest BCUT2D eigenvalue weighted by atomic mass is 32.2. The van der Waals surface area contributed by atoms with Crippen LogP contribution >= 0.6 is 0 Å². The third kappa shape index (κ3) is 2.44. The van der Waals surface area contributed by atoms with Gasteiger partial charge in [0.2, 0.25) is 5.96 Å². The largest absolute Gasteiger partial charge is 0.324 e. The van der Waals surface area contributed by atoms with Gasteiger partial charge in [-0.1, -0.05) is 0 Å². The first-order valence-corrected chi connectivity index (χ1v) is 7.57. The lowest BCUT2D eigenvalue weighted by atomic mass is 10.3. The Morgan fingerprint density at radius 1 is 1.40 bits per heavy atom. The first-order chi connectivity index (χ1) is 9.45. The fraction of sp³-hybridized carbons (Fsp3) is 0.364. The average molecular weight is 296 g/mol. The number of non-ortho nitro benzene ring substituents is 1. The van der Waals surface area contributed by atoms with E-state index in [2.05, 4.69) is 15.0 Å². The summed E-state index contributed by atoms with van der Waals surface area (Å²) in [6.07, 6.45) is 2.23. The van der Waals surface area contributed by atoms with E-state index in [1.165, 1.54) is 12.1 Å². The zero-order valence-corrected chi connectivity index (χ0v) is 11.2. The minimum atomic E-state index is -3.82. The number of anilines is 1. The van der Waals surface area contributed by atoms with Crippen LogP contribution in [0.3, 0.4) is 0 Å². The molecule has 3 rings (SSSR count). The van der Waals surface area contributed by atoms with E-state index >= 15 is 0 Å². The van der Waals surface area contributed by atoms with Crippen molar-refractivity contribution in [2.75, 3.05) is 11.9 Å². The topological polar surface area (TPSA) is 114 Å². The molecule has 0 aromatic heterocycles. The number of nitrogens with one attached hydrogen (secondary N) is 2. The Morgan fingerprint density at radius 3 is 2.80 bits per heavy atom. The number of hydrogen-bond acceptors (Lipinski definition) is 5. The first-order valence-electron chi connectivity index (χ1n) is 6.08. The van der Waals surface area contributed by atoms with Gasteiger partial charge in [0.1, 0.15) is 4.90 Å². The molecule has 0 spiro atoms. The number of aliphatic imine (C=N–C) groups is 1. The summed E-state index contributed by atoms with van der Waals surface area (Å²) < 4.78 is 26.4. The van der Waals surface area contributed by atoms with Crippen molar-refractivity contribution >= 4 is 27.4 Å². The number of rotatable bonds is 3. The lowest BCUT2D eigenvalue weighted by molar-refractivity contribution is -0.385. The van der Waals surface area contributed by atoms with Crippen LogP contribution in [0.15, 0.2) is 28.1 Å². The van der Waals surface area contributed by atoms with Crippen LogP contribution in [0.4, 0.5) is 11.4 Å². The number of benzene rings is 1. The molecule has 1 saturated carbocycles. The number of sulfonamides is 1. The summed E-state index contributed by atoms with van der Waals surface area (Å²) in [6, 6.07) is 3.66. The molecule has 1 aliphatic heterocycles. The summed E-state index contributed by atoms with van der Waals surface area (Å²) in [5.41, 5.74) is 0.0261. The fourth-order valence-electron chi connectivity index (χ4n) is 1.88. The average Bonchev–Trinajstić information content (AvgIpc) is 3.19. The Bertz CT molecular complexity index is 709. The van der Waals surface area contributed by atoms with E-state index in [0.717, 1.165) is 18.9 Å². The lowest BCUT2D eigenvalue weighted by Gasteiger charge is -2.21.